The fraction of sp³-hybridized carbons (Fsp3) is 0.583. The van der Waals surface area contributed by atoms with Crippen molar-refractivity contribution in [3.8, 4) is 0 Å². The van der Waals surface area contributed by atoms with Crippen molar-refractivity contribution in [2.75, 3.05) is 11.9 Å². The van der Waals surface area contributed by atoms with E-state index >= 15 is 0 Å². The highest BCUT2D eigenvalue weighted by Crippen LogP contribution is 2.58. The van der Waals surface area contributed by atoms with E-state index in [-0.39, 0.29) is 28.9 Å². The molecule has 4 fully saturated rings. The van der Waals surface area contributed by atoms with Crippen molar-refractivity contribution in [1.29, 1.82) is 0 Å². The first-order valence-corrected chi connectivity index (χ1v) is 11.4. The second kappa shape index (κ2) is 7.33. The first kappa shape index (κ1) is 19.5. The number of rotatable bonds is 5. The smallest absolute Gasteiger partial charge is 0.276 e. The minimum atomic E-state index is -0.161. The van der Waals surface area contributed by atoms with Crippen LogP contribution in [0.25, 0.3) is 11.0 Å². The Morgan fingerprint density at radius 2 is 1.57 bits per heavy atom. The van der Waals surface area contributed by atoms with Crippen LogP contribution in [0.5, 0.6) is 0 Å². The van der Waals surface area contributed by atoms with Gasteiger partial charge in [-0.05, 0) is 75.3 Å². The van der Waals surface area contributed by atoms with E-state index in [2.05, 4.69) is 22.1 Å². The van der Waals surface area contributed by atoms with Gasteiger partial charge in [0.2, 0.25) is 5.91 Å². The molecule has 6 heteroatoms. The summed E-state index contributed by atoms with van der Waals surface area (Å²) in [5, 5.41) is 2.83. The van der Waals surface area contributed by atoms with Crippen LogP contribution in [0, 0.1) is 17.8 Å². The molecule has 1 aromatic carbocycles. The number of carbonyl (C=O) groups is 2. The summed E-state index contributed by atoms with van der Waals surface area (Å²) in [6.45, 7) is 4.51. The first-order valence-electron chi connectivity index (χ1n) is 11.4. The molecule has 4 aliphatic carbocycles. The second-order valence-electron chi connectivity index (χ2n) is 9.50. The van der Waals surface area contributed by atoms with Crippen LogP contribution in [0.1, 0.15) is 69.3 Å². The minimum absolute atomic E-state index is 0.0556. The Morgan fingerprint density at radius 3 is 2.10 bits per heavy atom. The zero-order chi connectivity index (χ0) is 20.9. The van der Waals surface area contributed by atoms with Gasteiger partial charge in [-0.3, -0.25) is 9.59 Å². The van der Waals surface area contributed by atoms with Gasteiger partial charge in [0.05, 0.1) is 11.0 Å². The van der Waals surface area contributed by atoms with Gasteiger partial charge < -0.3 is 10.2 Å². The van der Waals surface area contributed by atoms with Crippen LogP contribution in [-0.4, -0.2) is 38.8 Å². The van der Waals surface area contributed by atoms with E-state index in [0.717, 1.165) is 37.0 Å². The van der Waals surface area contributed by atoms with Crippen molar-refractivity contribution >= 4 is 28.7 Å². The molecule has 0 saturated heterocycles. The average Bonchev–Trinajstić information content (AvgIpc) is 2.72. The molecule has 4 saturated carbocycles. The number of hydrogen-bond donors (Lipinski definition) is 1. The van der Waals surface area contributed by atoms with E-state index in [4.69, 9.17) is 4.98 Å². The molecule has 6 rings (SSSR count). The molecule has 6 nitrogen and oxygen atoms in total. The lowest BCUT2D eigenvalue weighted by atomic mass is 9.52. The SMILES string of the molecule is CCC(=O)Nc1nc2ccccc2nc1C(=O)N(CC)C12CC3CC(CC(C3)C1)C2. The standard InChI is InChI=1S/C24H30N4O2/c1-3-20(29)27-22-21(25-18-7-5-6-8-19(18)26-22)23(30)28(4-2)24-12-15-9-16(13-24)11-17(10-15)14-24/h5-8,15-17H,3-4,9-14H2,1-2H3,(H,26,27,29). The summed E-state index contributed by atoms with van der Waals surface area (Å²) in [4.78, 5) is 37.4. The maximum absolute atomic E-state index is 13.9. The molecule has 1 N–H and O–H groups in total. The summed E-state index contributed by atoms with van der Waals surface area (Å²) in [6, 6.07) is 7.50. The molecular weight excluding hydrogens is 376 g/mol. The summed E-state index contributed by atoms with van der Waals surface area (Å²) in [5.74, 6) is 2.28. The molecule has 30 heavy (non-hydrogen) atoms. The van der Waals surface area contributed by atoms with Crippen LogP contribution in [0.3, 0.4) is 0 Å². The van der Waals surface area contributed by atoms with Crippen LogP contribution in [0.4, 0.5) is 5.82 Å². The molecule has 0 atom stereocenters. The quantitative estimate of drug-likeness (QED) is 0.798. The van der Waals surface area contributed by atoms with Crippen LogP contribution in [-0.2, 0) is 4.79 Å². The number of para-hydroxylation sites is 2. The molecule has 1 heterocycles. The Bertz CT molecular complexity index is 967. The predicted octanol–water partition coefficient (Wildman–Crippen LogP) is 4.41. The lowest BCUT2D eigenvalue weighted by molar-refractivity contribution is -0.115. The molecule has 0 aliphatic heterocycles. The number of benzene rings is 1. The zero-order valence-electron chi connectivity index (χ0n) is 17.9. The number of anilines is 1. The number of carbonyl (C=O) groups excluding carboxylic acids is 2. The molecule has 2 amide bonds. The lowest BCUT2D eigenvalue weighted by Crippen LogP contribution is -2.61. The van der Waals surface area contributed by atoms with Crippen molar-refractivity contribution in [3.05, 3.63) is 30.0 Å². The highest BCUT2D eigenvalue weighted by atomic mass is 16.2. The molecule has 0 unspecified atom stereocenters. The van der Waals surface area contributed by atoms with E-state index in [1.165, 1.54) is 19.3 Å². The number of hydrogen-bond acceptors (Lipinski definition) is 4. The Kier molecular flexibility index (Phi) is 4.75. The van der Waals surface area contributed by atoms with Crippen molar-refractivity contribution < 1.29 is 9.59 Å². The van der Waals surface area contributed by atoms with Crippen LogP contribution in [0.2, 0.25) is 0 Å². The average molecular weight is 407 g/mol. The maximum atomic E-state index is 13.9. The third-order valence-electron chi connectivity index (χ3n) is 7.49. The number of amides is 2. The Morgan fingerprint density at radius 1 is 1.00 bits per heavy atom. The molecule has 1 aromatic heterocycles. The van der Waals surface area contributed by atoms with Crippen LogP contribution in [0.15, 0.2) is 24.3 Å². The zero-order valence-corrected chi connectivity index (χ0v) is 17.9. The predicted molar refractivity (Wildman–Crippen MR) is 116 cm³/mol. The van der Waals surface area contributed by atoms with Gasteiger partial charge in [0.25, 0.3) is 5.91 Å². The fourth-order valence-electron chi connectivity index (χ4n) is 6.67. The third-order valence-corrected chi connectivity index (χ3v) is 7.49. The highest BCUT2D eigenvalue weighted by molar-refractivity contribution is 6.03. The van der Waals surface area contributed by atoms with E-state index < -0.39 is 0 Å². The normalized spacial score (nSPS) is 29.2. The van der Waals surface area contributed by atoms with Gasteiger partial charge in [-0.2, -0.15) is 0 Å². The van der Waals surface area contributed by atoms with Gasteiger partial charge in [-0.1, -0.05) is 19.1 Å². The minimum Gasteiger partial charge on any atom is -0.332 e. The lowest BCUT2D eigenvalue weighted by Gasteiger charge is -2.60. The molecule has 0 radical (unpaired) electrons. The largest absolute Gasteiger partial charge is 0.332 e. The summed E-state index contributed by atoms with van der Waals surface area (Å²) in [5.41, 5.74) is 1.57. The van der Waals surface area contributed by atoms with Gasteiger partial charge in [-0.15, -0.1) is 0 Å². The van der Waals surface area contributed by atoms with Crippen molar-refractivity contribution in [2.45, 2.75) is 64.3 Å². The second-order valence-corrected chi connectivity index (χ2v) is 9.50. The van der Waals surface area contributed by atoms with E-state index in [9.17, 15) is 9.59 Å². The summed E-state index contributed by atoms with van der Waals surface area (Å²) in [6.07, 6.45) is 7.65. The number of fused-ring (bicyclic) bond motifs is 1. The molecular formula is C24H30N4O2. The Labute approximate surface area is 177 Å². The maximum Gasteiger partial charge on any atom is 0.276 e. The first-order chi connectivity index (χ1) is 14.5. The van der Waals surface area contributed by atoms with Crippen molar-refractivity contribution in [1.82, 2.24) is 14.9 Å². The molecule has 4 aliphatic rings. The van der Waals surface area contributed by atoms with E-state index in [1.54, 1.807) is 6.92 Å². The topological polar surface area (TPSA) is 75.2 Å². The van der Waals surface area contributed by atoms with Gasteiger partial charge in [0.1, 0.15) is 0 Å². The monoisotopic (exact) mass is 406 g/mol. The van der Waals surface area contributed by atoms with Crippen LogP contribution >= 0.6 is 0 Å². The van der Waals surface area contributed by atoms with Gasteiger partial charge in [0, 0.05) is 18.5 Å². The van der Waals surface area contributed by atoms with Crippen LogP contribution < -0.4 is 5.32 Å². The molecule has 4 bridgehead atoms. The van der Waals surface area contributed by atoms with Gasteiger partial charge in [0.15, 0.2) is 11.5 Å². The third kappa shape index (κ3) is 3.17. The summed E-state index contributed by atoms with van der Waals surface area (Å²) >= 11 is 0. The number of aromatic nitrogens is 2. The van der Waals surface area contributed by atoms with Gasteiger partial charge >= 0.3 is 0 Å². The molecule has 2 aromatic rings. The van der Waals surface area contributed by atoms with E-state index in [0.29, 0.717) is 24.0 Å². The fourth-order valence-corrected chi connectivity index (χ4v) is 6.67. The van der Waals surface area contributed by atoms with E-state index in [1.807, 2.05) is 24.3 Å². The highest BCUT2D eigenvalue weighted by Gasteiger charge is 2.54. The molecule has 158 valence electrons. The number of nitrogens with one attached hydrogen (secondary N) is 1. The van der Waals surface area contributed by atoms with Gasteiger partial charge in [-0.25, -0.2) is 9.97 Å². The van der Waals surface area contributed by atoms with Crippen molar-refractivity contribution in [3.63, 3.8) is 0 Å². The summed E-state index contributed by atoms with van der Waals surface area (Å²) < 4.78 is 0. The van der Waals surface area contributed by atoms with Crippen molar-refractivity contribution in [2.24, 2.45) is 17.8 Å². The number of nitrogens with zero attached hydrogens (tertiary/aromatic N) is 3. The summed E-state index contributed by atoms with van der Waals surface area (Å²) in [7, 11) is 0. The Hall–Kier alpha value is -2.50. The Balaban J connectivity index is 1.55. The molecule has 0 spiro atoms.